The summed E-state index contributed by atoms with van der Waals surface area (Å²) in [5, 5.41) is 0. The Morgan fingerprint density at radius 1 is 1.17 bits per heavy atom. The summed E-state index contributed by atoms with van der Waals surface area (Å²) in [7, 11) is 1.67. The number of aromatic nitrogens is 1. The van der Waals surface area contributed by atoms with E-state index in [0.29, 0.717) is 32.6 Å². The van der Waals surface area contributed by atoms with Gasteiger partial charge in [0, 0.05) is 44.3 Å². The molecule has 1 aromatic carbocycles. The minimum absolute atomic E-state index is 0.0629. The van der Waals surface area contributed by atoms with Crippen LogP contribution in [0, 0.1) is 5.41 Å². The van der Waals surface area contributed by atoms with Crippen LogP contribution in [0.1, 0.15) is 19.4 Å². The molecule has 6 heteroatoms. The number of amides is 1. The Hall–Kier alpha value is -2.60. The zero-order valence-electron chi connectivity index (χ0n) is 17.4. The van der Waals surface area contributed by atoms with E-state index in [0.717, 1.165) is 17.0 Å². The van der Waals surface area contributed by atoms with Crippen molar-refractivity contribution < 1.29 is 14.3 Å². The van der Waals surface area contributed by atoms with Crippen LogP contribution in [-0.2, 0) is 16.0 Å². The Kier molecular flexibility index (Phi) is 5.46. The molecule has 1 amide bonds. The van der Waals surface area contributed by atoms with Crippen LogP contribution in [-0.4, -0.2) is 61.3 Å². The molecule has 2 fully saturated rings. The number of methoxy groups -OCH3 is 1. The molecule has 2 aromatic rings. The van der Waals surface area contributed by atoms with Crippen molar-refractivity contribution in [2.24, 2.45) is 5.41 Å². The molecule has 1 aromatic heterocycles. The lowest BCUT2D eigenvalue weighted by molar-refractivity contribution is -0.155. The highest BCUT2D eigenvalue weighted by molar-refractivity contribution is 5.87. The van der Waals surface area contributed by atoms with Crippen LogP contribution in [0.15, 0.2) is 48.8 Å². The highest BCUT2D eigenvalue weighted by Crippen LogP contribution is 2.40. The van der Waals surface area contributed by atoms with Gasteiger partial charge in [0.15, 0.2) is 0 Å². The van der Waals surface area contributed by atoms with Gasteiger partial charge in [-0.3, -0.25) is 9.78 Å². The van der Waals surface area contributed by atoms with Crippen molar-refractivity contribution in [2.75, 3.05) is 38.2 Å². The molecule has 0 N–H and O–H groups in total. The van der Waals surface area contributed by atoms with E-state index in [-0.39, 0.29) is 18.1 Å². The van der Waals surface area contributed by atoms with Crippen molar-refractivity contribution in [1.29, 1.82) is 0 Å². The van der Waals surface area contributed by atoms with Gasteiger partial charge >= 0.3 is 0 Å². The Labute approximate surface area is 172 Å². The van der Waals surface area contributed by atoms with Crippen LogP contribution in [0.5, 0.6) is 5.75 Å². The monoisotopic (exact) mass is 395 g/mol. The molecule has 6 nitrogen and oxygen atoms in total. The van der Waals surface area contributed by atoms with Crippen LogP contribution in [0.3, 0.4) is 0 Å². The van der Waals surface area contributed by atoms with Crippen molar-refractivity contribution in [3.8, 4) is 5.75 Å². The number of ether oxygens (including phenoxy) is 2. The number of nitrogens with zero attached hydrogens (tertiary/aromatic N) is 3. The number of carbonyl (C=O) groups excluding carboxylic acids is 1. The number of hydrogen-bond donors (Lipinski definition) is 0. The van der Waals surface area contributed by atoms with Gasteiger partial charge < -0.3 is 19.3 Å². The van der Waals surface area contributed by atoms with E-state index in [1.54, 1.807) is 19.5 Å². The van der Waals surface area contributed by atoms with Crippen molar-refractivity contribution in [3.63, 3.8) is 0 Å². The fourth-order valence-corrected chi connectivity index (χ4v) is 4.60. The second kappa shape index (κ2) is 8.03. The Balaban J connectivity index is 1.58. The molecule has 3 heterocycles. The number of pyridine rings is 1. The minimum Gasteiger partial charge on any atom is -0.497 e. The van der Waals surface area contributed by atoms with E-state index >= 15 is 0 Å². The lowest BCUT2D eigenvalue weighted by Crippen LogP contribution is -2.66. The lowest BCUT2D eigenvalue weighted by Gasteiger charge is -2.53. The van der Waals surface area contributed by atoms with Gasteiger partial charge in [-0.1, -0.05) is 12.1 Å². The van der Waals surface area contributed by atoms with Gasteiger partial charge in [-0.05, 0) is 50.1 Å². The van der Waals surface area contributed by atoms with Gasteiger partial charge in [0.1, 0.15) is 5.75 Å². The topological polar surface area (TPSA) is 54.9 Å². The van der Waals surface area contributed by atoms with Gasteiger partial charge in [0.05, 0.1) is 24.7 Å². The summed E-state index contributed by atoms with van der Waals surface area (Å²) >= 11 is 0. The number of hydrogen-bond acceptors (Lipinski definition) is 5. The summed E-state index contributed by atoms with van der Waals surface area (Å²) in [6, 6.07) is 12.0. The summed E-state index contributed by atoms with van der Waals surface area (Å²) < 4.78 is 11.2. The SMILES string of the molecule is COc1cccc(CC2(C(=O)N3C[C@@H](C)O[C@@H](C)C3)CN(c3ccncc3)C2)c1. The van der Waals surface area contributed by atoms with Crippen molar-refractivity contribution >= 4 is 11.6 Å². The lowest BCUT2D eigenvalue weighted by atomic mass is 9.73. The van der Waals surface area contributed by atoms with Crippen LogP contribution >= 0.6 is 0 Å². The number of benzene rings is 1. The zero-order valence-corrected chi connectivity index (χ0v) is 17.4. The predicted molar refractivity (Wildman–Crippen MR) is 112 cm³/mol. The fraction of sp³-hybridized carbons (Fsp3) is 0.478. The normalized spacial score (nSPS) is 23.4. The van der Waals surface area contributed by atoms with E-state index in [2.05, 4.69) is 16.0 Å². The first kappa shape index (κ1) is 19.7. The van der Waals surface area contributed by atoms with Crippen molar-refractivity contribution in [3.05, 3.63) is 54.4 Å². The summed E-state index contributed by atoms with van der Waals surface area (Å²) in [5.74, 6) is 1.05. The third-order valence-electron chi connectivity index (χ3n) is 5.85. The number of carbonyl (C=O) groups is 1. The van der Waals surface area contributed by atoms with Gasteiger partial charge in [-0.15, -0.1) is 0 Å². The molecular weight excluding hydrogens is 366 g/mol. The molecule has 0 aliphatic carbocycles. The van der Waals surface area contributed by atoms with Crippen LogP contribution in [0.2, 0.25) is 0 Å². The molecular formula is C23H29N3O3. The molecule has 2 saturated heterocycles. The maximum absolute atomic E-state index is 13.7. The summed E-state index contributed by atoms with van der Waals surface area (Å²) in [5.41, 5.74) is 1.80. The quantitative estimate of drug-likeness (QED) is 0.779. The standard InChI is InChI=1S/C23H29N3O3/c1-17-13-25(14-18(2)29-17)22(27)23(12-19-5-4-6-21(11-19)28-3)15-26(16-23)20-7-9-24-10-8-20/h4-11,17-18H,12-16H2,1-3H3/t17-,18+. The van der Waals surface area contributed by atoms with Crippen molar-refractivity contribution in [1.82, 2.24) is 9.88 Å². The molecule has 0 spiro atoms. The Bertz CT molecular complexity index is 841. The summed E-state index contributed by atoms with van der Waals surface area (Å²) in [4.78, 5) is 22.1. The molecule has 0 bridgehead atoms. The largest absolute Gasteiger partial charge is 0.497 e. The number of anilines is 1. The first-order valence-electron chi connectivity index (χ1n) is 10.2. The van der Waals surface area contributed by atoms with Gasteiger partial charge in [-0.2, -0.15) is 0 Å². The van der Waals surface area contributed by atoms with Crippen LogP contribution in [0.25, 0.3) is 0 Å². The number of rotatable bonds is 5. The predicted octanol–water partition coefficient (Wildman–Crippen LogP) is 2.78. The maximum atomic E-state index is 13.7. The smallest absolute Gasteiger partial charge is 0.232 e. The minimum atomic E-state index is -0.438. The van der Waals surface area contributed by atoms with Crippen LogP contribution < -0.4 is 9.64 Å². The maximum Gasteiger partial charge on any atom is 0.232 e. The Morgan fingerprint density at radius 2 is 1.86 bits per heavy atom. The molecule has 4 rings (SSSR count). The van der Waals surface area contributed by atoms with E-state index in [1.165, 1.54) is 0 Å². The molecule has 0 radical (unpaired) electrons. The molecule has 2 aliphatic heterocycles. The fourth-order valence-electron chi connectivity index (χ4n) is 4.60. The van der Waals surface area contributed by atoms with E-state index in [1.807, 2.05) is 49.1 Å². The highest BCUT2D eigenvalue weighted by Gasteiger charge is 2.51. The second-order valence-electron chi connectivity index (χ2n) is 8.34. The molecule has 29 heavy (non-hydrogen) atoms. The van der Waals surface area contributed by atoms with Crippen molar-refractivity contribution in [2.45, 2.75) is 32.5 Å². The molecule has 154 valence electrons. The van der Waals surface area contributed by atoms with Gasteiger partial charge in [-0.25, -0.2) is 0 Å². The summed E-state index contributed by atoms with van der Waals surface area (Å²) in [6.45, 7) is 6.78. The van der Waals surface area contributed by atoms with E-state index in [4.69, 9.17) is 9.47 Å². The molecule has 0 saturated carbocycles. The first-order chi connectivity index (χ1) is 14.0. The molecule has 0 unspecified atom stereocenters. The van der Waals surface area contributed by atoms with Gasteiger partial charge in [0.2, 0.25) is 5.91 Å². The second-order valence-corrected chi connectivity index (χ2v) is 8.34. The third kappa shape index (κ3) is 4.08. The summed E-state index contributed by atoms with van der Waals surface area (Å²) in [6.07, 6.45) is 4.42. The average Bonchev–Trinajstić information content (AvgIpc) is 2.70. The number of morpholine rings is 1. The first-order valence-corrected chi connectivity index (χ1v) is 10.2. The Morgan fingerprint density at radius 3 is 2.52 bits per heavy atom. The van der Waals surface area contributed by atoms with Crippen LogP contribution in [0.4, 0.5) is 5.69 Å². The molecule has 2 aliphatic rings. The zero-order chi connectivity index (χ0) is 20.4. The van der Waals surface area contributed by atoms with Gasteiger partial charge in [0.25, 0.3) is 0 Å². The molecule has 2 atom stereocenters. The van der Waals surface area contributed by atoms with E-state index in [9.17, 15) is 4.79 Å². The third-order valence-corrected chi connectivity index (χ3v) is 5.85. The van der Waals surface area contributed by atoms with E-state index < -0.39 is 5.41 Å². The average molecular weight is 396 g/mol. The highest BCUT2D eigenvalue weighted by atomic mass is 16.5.